The van der Waals surface area contributed by atoms with Gasteiger partial charge in [0.25, 0.3) is 0 Å². The molecule has 0 bridgehead atoms. The molecule has 0 saturated carbocycles. The maximum absolute atomic E-state index is 11.8. The molecule has 0 saturated heterocycles. The van der Waals surface area contributed by atoms with E-state index in [1.807, 2.05) is 19.9 Å². The van der Waals surface area contributed by atoms with Crippen LogP contribution in [0.1, 0.15) is 13.8 Å². The van der Waals surface area contributed by atoms with E-state index in [1.165, 1.54) is 4.57 Å². The molecule has 5 nitrogen and oxygen atoms in total. The molecule has 1 aromatic carbocycles. The Morgan fingerprint density at radius 3 is 2.89 bits per heavy atom. The van der Waals surface area contributed by atoms with Gasteiger partial charge in [0.15, 0.2) is 5.58 Å². The lowest BCUT2D eigenvalue weighted by molar-refractivity contribution is -0.000941. The molecule has 0 spiro atoms. The van der Waals surface area contributed by atoms with Gasteiger partial charge in [0.2, 0.25) is 0 Å². The van der Waals surface area contributed by atoms with Gasteiger partial charge in [-0.15, -0.1) is 0 Å². The minimum absolute atomic E-state index is 0.0448. The van der Waals surface area contributed by atoms with Crippen molar-refractivity contribution in [3.63, 3.8) is 0 Å². The lowest BCUT2D eigenvalue weighted by Gasteiger charge is -2.13. The van der Waals surface area contributed by atoms with E-state index in [9.17, 15) is 9.90 Å². The number of hydrogen-bond acceptors (Lipinski definition) is 4. The molecule has 1 aromatic heterocycles. The molecule has 19 heavy (non-hydrogen) atoms. The van der Waals surface area contributed by atoms with Crippen molar-refractivity contribution in [2.24, 2.45) is 0 Å². The number of rotatable bonds is 5. The molecular weight excluding hydrogens is 314 g/mol. The Kier molecular flexibility index (Phi) is 4.44. The first-order valence-corrected chi connectivity index (χ1v) is 6.85. The average molecular weight is 330 g/mol. The van der Waals surface area contributed by atoms with Crippen molar-refractivity contribution in [2.45, 2.75) is 32.6 Å². The Balaban J connectivity index is 2.20. The topological polar surface area (TPSA) is 64.6 Å². The highest BCUT2D eigenvalue weighted by Gasteiger charge is 2.14. The fourth-order valence-electron chi connectivity index (χ4n) is 1.78. The number of halogens is 1. The predicted octanol–water partition coefficient (Wildman–Crippen LogP) is 2.14. The van der Waals surface area contributed by atoms with Gasteiger partial charge in [-0.3, -0.25) is 4.57 Å². The zero-order chi connectivity index (χ0) is 14.0. The minimum Gasteiger partial charge on any atom is -0.408 e. The number of fused-ring (bicyclic) bond motifs is 1. The van der Waals surface area contributed by atoms with Gasteiger partial charge in [-0.05, 0) is 32.0 Å². The van der Waals surface area contributed by atoms with Crippen molar-refractivity contribution < 1.29 is 14.3 Å². The molecule has 0 aliphatic rings. The zero-order valence-electron chi connectivity index (χ0n) is 10.8. The van der Waals surface area contributed by atoms with Gasteiger partial charge >= 0.3 is 5.76 Å². The standard InChI is InChI=1S/C13H16BrNO4/c1-8(2)18-7-10(16)6-15-11-4-3-9(14)5-12(11)19-13(15)17/h3-5,8,10,16H,6-7H2,1-2H3. The number of oxazole rings is 1. The molecule has 1 heterocycles. The summed E-state index contributed by atoms with van der Waals surface area (Å²) in [4.78, 5) is 11.8. The SMILES string of the molecule is CC(C)OCC(O)Cn1c(=O)oc2cc(Br)ccc21. The normalized spacial score (nSPS) is 13.3. The van der Waals surface area contributed by atoms with Gasteiger partial charge in [0.05, 0.1) is 30.9 Å². The van der Waals surface area contributed by atoms with Gasteiger partial charge < -0.3 is 14.3 Å². The average Bonchev–Trinajstić information content (AvgIpc) is 2.62. The molecule has 0 amide bonds. The number of aromatic nitrogens is 1. The second kappa shape index (κ2) is 5.90. The molecule has 0 aliphatic carbocycles. The second-order valence-electron chi connectivity index (χ2n) is 4.63. The van der Waals surface area contributed by atoms with Crippen molar-refractivity contribution in [2.75, 3.05) is 6.61 Å². The Bertz CT molecular complexity index is 617. The van der Waals surface area contributed by atoms with Crippen molar-refractivity contribution >= 4 is 27.0 Å². The van der Waals surface area contributed by atoms with E-state index < -0.39 is 11.9 Å². The largest absolute Gasteiger partial charge is 0.420 e. The van der Waals surface area contributed by atoms with Crippen molar-refractivity contribution in [3.8, 4) is 0 Å². The maximum atomic E-state index is 11.8. The summed E-state index contributed by atoms with van der Waals surface area (Å²) in [5.74, 6) is -0.475. The molecule has 0 radical (unpaired) electrons. The van der Waals surface area contributed by atoms with Gasteiger partial charge in [-0.25, -0.2) is 4.79 Å². The Morgan fingerprint density at radius 2 is 2.21 bits per heavy atom. The molecule has 2 aromatic rings. The van der Waals surface area contributed by atoms with Gasteiger partial charge in [0, 0.05) is 4.47 Å². The van der Waals surface area contributed by atoms with Crippen LogP contribution in [0.5, 0.6) is 0 Å². The van der Waals surface area contributed by atoms with E-state index in [0.29, 0.717) is 11.1 Å². The van der Waals surface area contributed by atoms with E-state index in [0.717, 1.165) is 4.47 Å². The molecule has 1 unspecified atom stereocenters. The van der Waals surface area contributed by atoms with Gasteiger partial charge in [-0.2, -0.15) is 0 Å². The highest BCUT2D eigenvalue weighted by atomic mass is 79.9. The van der Waals surface area contributed by atoms with Crippen LogP contribution in [-0.4, -0.2) is 28.5 Å². The van der Waals surface area contributed by atoms with Gasteiger partial charge in [-0.1, -0.05) is 15.9 Å². The summed E-state index contributed by atoms with van der Waals surface area (Å²) >= 11 is 3.32. The van der Waals surface area contributed by atoms with Crippen LogP contribution in [0.25, 0.3) is 11.1 Å². The fraction of sp³-hybridized carbons (Fsp3) is 0.462. The highest BCUT2D eigenvalue weighted by Crippen LogP contribution is 2.19. The minimum atomic E-state index is -0.746. The maximum Gasteiger partial charge on any atom is 0.420 e. The predicted molar refractivity (Wildman–Crippen MR) is 75.3 cm³/mol. The number of ether oxygens (including phenoxy) is 1. The van der Waals surface area contributed by atoms with Crippen LogP contribution in [0.2, 0.25) is 0 Å². The third-order valence-electron chi connectivity index (χ3n) is 2.65. The van der Waals surface area contributed by atoms with Crippen LogP contribution in [0.15, 0.2) is 31.9 Å². The second-order valence-corrected chi connectivity index (χ2v) is 5.54. The molecule has 1 atom stereocenters. The van der Waals surface area contributed by atoms with Gasteiger partial charge in [0.1, 0.15) is 0 Å². The molecule has 0 aliphatic heterocycles. The molecule has 0 fully saturated rings. The Morgan fingerprint density at radius 1 is 1.47 bits per heavy atom. The first-order valence-electron chi connectivity index (χ1n) is 6.06. The fourth-order valence-corrected chi connectivity index (χ4v) is 2.12. The molecular formula is C13H16BrNO4. The van der Waals surface area contributed by atoms with Crippen molar-refractivity contribution in [1.29, 1.82) is 0 Å². The summed E-state index contributed by atoms with van der Waals surface area (Å²) in [5, 5.41) is 9.87. The first-order chi connectivity index (χ1) is 8.97. The van der Waals surface area contributed by atoms with E-state index in [4.69, 9.17) is 9.15 Å². The number of benzene rings is 1. The van der Waals surface area contributed by atoms with Crippen LogP contribution in [-0.2, 0) is 11.3 Å². The van der Waals surface area contributed by atoms with Crippen LogP contribution in [0, 0.1) is 0 Å². The van der Waals surface area contributed by atoms with E-state index in [2.05, 4.69) is 15.9 Å². The number of aliphatic hydroxyl groups is 1. The van der Waals surface area contributed by atoms with Crippen LogP contribution < -0.4 is 5.76 Å². The highest BCUT2D eigenvalue weighted by molar-refractivity contribution is 9.10. The Hall–Kier alpha value is -1.11. The number of nitrogens with zero attached hydrogens (tertiary/aromatic N) is 1. The summed E-state index contributed by atoms with van der Waals surface area (Å²) in [6.45, 7) is 4.13. The monoisotopic (exact) mass is 329 g/mol. The first kappa shape index (κ1) is 14.3. The summed E-state index contributed by atoms with van der Waals surface area (Å²) in [5.41, 5.74) is 1.16. The van der Waals surface area contributed by atoms with E-state index >= 15 is 0 Å². The molecule has 2 rings (SSSR count). The molecule has 1 N–H and O–H groups in total. The van der Waals surface area contributed by atoms with Crippen molar-refractivity contribution in [1.82, 2.24) is 4.57 Å². The third-order valence-corrected chi connectivity index (χ3v) is 3.14. The number of hydrogen-bond donors (Lipinski definition) is 1. The zero-order valence-corrected chi connectivity index (χ0v) is 12.4. The third kappa shape index (κ3) is 3.46. The smallest absolute Gasteiger partial charge is 0.408 e. The summed E-state index contributed by atoms with van der Waals surface area (Å²) in [6.07, 6.45) is -0.701. The van der Waals surface area contributed by atoms with Crippen LogP contribution >= 0.6 is 15.9 Å². The van der Waals surface area contributed by atoms with Crippen LogP contribution in [0.4, 0.5) is 0 Å². The Labute approximate surface area is 118 Å². The summed E-state index contributed by atoms with van der Waals surface area (Å²) in [6, 6.07) is 5.33. The summed E-state index contributed by atoms with van der Waals surface area (Å²) < 4.78 is 12.7. The lowest BCUT2D eigenvalue weighted by Crippen LogP contribution is -2.28. The lowest BCUT2D eigenvalue weighted by atomic mass is 10.3. The summed E-state index contributed by atoms with van der Waals surface area (Å²) in [7, 11) is 0. The van der Waals surface area contributed by atoms with E-state index in [1.54, 1.807) is 12.1 Å². The van der Waals surface area contributed by atoms with Crippen LogP contribution in [0.3, 0.4) is 0 Å². The number of aliphatic hydroxyl groups excluding tert-OH is 1. The quantitative estimate of drug-likeness (QED) is 0.912. The molecule has 104 valence electrons. The van der Waals surface area contributed by atoms with E-state index in [-0.39, 0.29) is 19.3 Å². The van der Waals surface area contributed by atoms with Crippen molar-refractivity contribution in [3.05, 3.63) is 33.2 Å². The molecule has 6 heteroatoms.